The largest absolute Gasteiger partial charge is 0.497 e. The van der Waals surface area contributed by atoms with Crippen LogP contribution in [0.2, 0.25) is 0 Å². The molecule has 0 radical (unpaired) electrons. The summed E-state index contributed by atoms with van der Waals surface area (Å²) in [6.45, 7) is 5.54. The van der Waals surface area contributed by atoms with E-state index < -0.39 is 16.1 Å². The molecular weight excluding hydrogens is 450 g/mol. The van der Waals surface area contributed by atoms with Crippen LogP contribution < -0.4 is 10.3 Å². The minimum absolute atomic E-state index is 0.183. The van der Waals surface area contributed by atoms with E-state index in [1.165, 1.54) is 15.9 Å². The Morgan fingerprint density at radius 2 is 1.56 bits per heavy atom. The van der Waals surface area contributed by atoms with Gasteiger partial charge in [0.05, 0.1) is 34.6 Å². The molecule has 8 heteroatoms. The van der Waals surface area contributed by atoms with E-state index in [1.807, 2.05) is 19.9 Å². The van der Waals surface area contributed by atoms with Crippen LogP contribution in [0.25, 0.3) is 16.6 Å². The number of rotatable bonds is 6. The summed E-state index contributed by atoms with van der Waals surface area (Å²) in [6, 6.07) is 18.4. The maximum Gasteiger partial charge on any atom is 0.266 e. The standard InChI is InChI=1S/C26H27N3O4S/c1-17-6-13-22(14-7-17)34(31,32)28(4)19(3)25-27-24-15-8-18(2)16-23(24)26(30)29(25)20-9-11-21(33-5)12-10-20/h6-16,19H,1-5H3. The molecule has 0 saturated carbocycles. The van der Waals surface area contributed by atoms with Crippen LogP contribution in [0.5, 0.6) is 5.75 Å². The smallest absolute Gasteiger partial charge is 0.266 e. The number of aromatic nitrogens is 2. The third-order valence-electron chi connectivity index (χ3n) is 6.00. The van der Waals surface area contributed by atoms with Gasteiger partial charge in [0.2, 0.25) is 10.0 Å². The lowest BCUT2D eigenvalue weighted by atomic mass is 10.1. The molecule has 0 bridgehead atoms. The van der Waals surface area contributed by atoms with Crippen molar-refractivity contribution in [3.05, 3.63) is 94.0 Å². The number of fused-ring (bicyclic) bond motifs is 1. The van der Waals surface area contributed by atoms with Crippen molar-refractivity contribution in [1.82, 2.24) is 13.9 Å². The quantitative estimate of drug-likeness (QED) is 0.411. The molecule has 1 atom stereocenters. The van der Waals surface area contributed by atoms with Crippen LogP contribution in [-0.4, -0.2) is 36.4 Å². The fraction of sp³-hybridized carbons (Fsp3) is 0.231. The van der Waals surface area contributed by atoms with Crippen molar-refractivity contribution in [1.29, 1.82) is 0 Å². The monoisotopic (exact) mass is 477 g/mol. The van der Waals surface area contributed by atoms with E-state index >= 15 is 0 Å². The average molecular weight is 478 g/mol. The van der Waals surface area contributed by atoms with E-state index in [-0.39, 0.29) is 10.5 Å². The second-order valence-corrected chi connectivity index (χ2v) is 10.3. The Balaban J connectivity index is 1.91. The lowest BCUT2D eigenvalue weighted by Crippen LogP contribution is -2.35. The Morgan fingerprint density at radius 3 is 2.18 bits per heavy atom. The highest BCUT2D eigenvalue weighted by Gasteiger charge is 2.30. The van der Waals surface area contributed by atoms with Crippen LogP contribution >= 0.6 is 0 Å². The summed E-state index contributed by atoms with van der Waals surface area (Å²) in [4.78, 5) is 18.6. The van der Waals surface area contributed by atoms with Gasteiger partial charge in [0, 0.05) is 7.05 Å². The second kappa shape index (κ2) is 9.04. The molecule has 1 unspecified atom stereocenters. The van der Waals surface area contributed by atoms with Gasteiger partial charge in [-0.2, -0.15) is 4.31 Å². The molecular formula is C26H27N3O4S. The van der Waals surface area contributed by atoms with E-state index in [0.717, 1.165) is 11.1 Å². The highest BCUT2D eigenvalue weighted by atomic mass is 32.2. The Labute approximate surface area is 199 Å². The van der Waals surface area contributed by atoms with E-state index in [9.17, 15) is 13.2 Å². The third-order valence-corrected chi connectivity index (χ3v) is 7.94. The van der Waals surface area contributed by atoms with Crippen molar-refractivity contribution < 1.29 is 13.2 Å². The van der Waals surface area contributed by atoms with Gasteiger partial charge in [0.1, 0.15) is 11.6 Å². The Hall–Kier alpha value is -3.49. The molecule has 0 aliphatic rings. The van der Waals surface area contributed by atoms with Gasteiger partial charge in [-0.05, 0) is 69.3 Å². The number of methoxy groups -OCH3 is 1. The van der Waals surface area contributed by atoms with Gasteiger partial charge >= 0.3 is 0 Å². The normalized spacial score (nSPS) is 12.8. The number of hydrogen-bond donors (Lipinski definition) is 0. The van der Waals surface area contributed by atoms with Gasteiger partial charge in [-0.25, -0.2) is 13.4 Å². The Kier molecular flexibility index (Phi) is 6.29. The lowest BCUT2D eigenvalue weighted by molar-refractivity contribution is 0.379. The molecule has 0 aliphatic heterocycles. The van der Waals surface area contributed by atoms with Gasteiger partial charge in [0.15, 0.2) is 0 Å². The number of benzene rings is 3. The molecule has 3 aromatic carbocycles. The summed E-state index contributed by atoms with van der Waals surface area (Å²) < 4.78 is 34.7. The zero-order chi connectivity index (χ0) is 24.6. The number of hydrogen-bond acceptors (Lipinski definition) is 5. The van der Waals surface area contributed by atoms with Crippen LogP contribution in [0.4, 0.5) is 0 Å². The van der Waals surface area contributed by atoms with Crippen LogP contribution in [-0.2, 0) is 10.0 Å². The molecule has 4 aromatic rings. The van der Waals surface area contributed by atoms with Crippen molar-refractivity contribution in [3.63, 3.8) is 0 Å². The minimum atomic E-state index is -3.83. The third kappa shape index (κ3) is 4.22. The van der Waals surface area contributed by atoms with Crippen molar-refractivity contribution in [2.75, 3.05) is 14.2 Å². The molecule has 4 rings (SSSR count). The molecule has 34 heavy (non-hydrogen) atoms. The molecule has 0 fully saturated rings. The average Bonchev–Trinajstić information content (AvgIpc) is 2.83. The van der Waals surface area contributed by atoms with Gasteiger partial charge < -0.3 is 4.74 Å². The first-order valence-corrected chi connectivity index (χ1v) is 12.3. The first kappa shape index (κ1) is 23.7. The van der Waals surface area contributed by atoms with Gasteiger partial charge in [-0.1, -0.05) is 29.3 Å². The summed E-state index contributed by atoms with van der Waals surface area (Å²) in [7, 11) is -0.755. The topological polar surface area (TPSA) is 81.5 Å². The second-order valence-electron chi connectivity index (χ2n) is 8.34. The van der Waals surface area contributed by atoms with Gasteiger partial charge in [0.25, 0.3) is 5.56 Å². The number of ether oxygens (including phenoxy) is 1. The fourth-order valence-electron chi connectivity index (χ4n) is 3.82. The summed E-state index contributed by atoms with van der Waals surface area (Å²) in [6.07, 6.45) is 0. The molecule has 0 spiro atoms. The summed E-state index contributed by atoms with van der Waals surface area (Å²) >= 11 is 0. The lowest BCUT2D eigenvalue weighted by Gasteiger charge is -2.26. The van der Waals surface area contributed by atoms with E-state index in [1.54, 1.807) is 74.7 Å². The fourth-order valence-corrected chi connectivity index (χ4v) is 5.15. The minimum Gasteiger partial charge on any atom is -0.497 e. The summed E-state index contributed by atoms with van der Waals surface area (Å²) in [5.74, 6) is 0.972. The predicted molar refractivity (Wildman–Crippen MR) is 133 cm³/mol. The maximum absolute atomic E-state index is 13.7. The van der Waals surface area contributed by atoms with E-state index in [2.05, 4.69) is 0 Å². The zero-order valence-electron chi connectivity index (χ0n) is 19.8. The molecule has 0 aliphatic carbocycles. The molecule has 0 N–H and O–H groups in total. The highest BCUT2D eigenvalue weighted by Crippen LogP contribution is 2.27. The van der Waals surface area contributed by atoms with Crippen LogP contribution in [0, 0.1) is 13.8 Å². The number of aryl methyl sites for hydroxylation is 2. The van der Waals surface area contributed by atoms with Crippen molar-refractivity contribution in [2.24, 2.45) is 0 Å². The highest BCUT2D eigenvalue weighted by molar-refractivity contribution is 7.89. The SMILES string of the molecule is COc1ccc(-n2c(C(C)N(C)S(=O)(=O)c3ccc(C)cc3)nc3ccc(C)cc3c2=O)cc1. The number of nitrogens with zero attached hydrogens (tertiary/aromatic N) is 3. The zero-order valence-corrected chi connectivity index (χ0v) is 20.6. The predicted octanol–water partition coefficient (Wildman–Crippen LogP) is 4.39. The molecule has 0 saturated heterocycles. The van der Waals surface area contributed by atoms with Gasteiger partial charge in [-0.15, -0.1) is 0 Å². The van der Waals surface area contributed by atoms with Crippen LogP contribution in [0.1, 0.15) is 29.9 Å². The summed E-state index contributed by atoms with van der Waals surface area (Å²) in [5.41, 5.74) is 2.73. The van der Waals surface area contributed by atoms with E-state index in [0.29, 0.717) is 28.2 Å². The van der Waals surface area contributed by atoms with Crippen molar-refractivity contribution >= 4 is 20.9 Å². The molecule has 7 nitrogen and oxygen atoms in total. The molecule has 1 aromatic heterocycles. The molecule has 176 valence electrons. The van der Waals surface area contributed by atoms with E-state index in [4.69, 9.17) is 9.72 Å². The molecule has 0 amide bonds. The van der Waals surface area contributed by atoms with Crippen LogP contribution in [0.15, 0.2) is 76.4 Å². The Bertz CT molecular complexity index is 1510. The van der Waals surface area contributed by atoms with Gasteiger partial charge in [-0.3, -0.25) is 9.36 Å². The van der Waals surface area contributed by atoms with Crippen molar-refractivity contribution in [3.8, 4) is 11.4 Å². The first-order valence-electron chi connectivity index (χ1n) is 10.9. The summed E-state index contributed by atoms with van der Waals surface area (Å²) in [5, 5.41) is 0.468. The van der Waals surface area contributed by atoms with Crippen LogP contribution in [0.3, 0.4) is 0 Å². The molecule has 1 heterocycles. The van der Waals surface area contributed by atoms with Crippen molar-refractivity contribution in [2.45, 2.75) is 31.7 Å². The number of sulfonamides is 1. The first-order chi connectivity index (χ1) is 16.1. The Morgan fingerprint density at radius 1 is 0.941 bits per heavy atom. The maximum atomic E-state index is 13.7.